The SMILES string of the molecule is CC.CC.CCC(CC)C1CC(=O)N(CCC(=O)NCCC(=O)Nc2cc(COC(=O)NC3C(=O)N3C3C(C)OC([NH-])C(O)C3O)ccc2OC2OC(CO)C(O)C(O)C2O)C1=O.[Y]. The molecule has 4 saturated heterocycles. The molecular weight excluding hydrogens is 921 g/mol. The third kappa shape index (κ3) is 14.1. The van der Waals surface area contributed by atoms with E-state index in [2.05, 4.69) is 16.0 Å². The zero-order valence-corrected chi connectivity index (χ0v) is 40.2. The summed E-state index contributed by atoms with van der Waals surface area (Å²) in [5.74, 6) is -2.80. The first-order valence-electron chi connectivity index (χ1n) is 21.5. The number of alkyl carbamates (subject to hydrolysis) is 1. The Balaban J connectivity index is 0.00000274. The van der Waals surface area contributed by atoms with Gasteiger partial charge in [0.2, 0.25) is 29.9 Å². The van der Waals surface area contributed by atoms with Crippen molar-refractivity contribution in [3.8, 4) is 5.75 Å². The molecular formula is C41H65N6O16Y-. The molecule has 0 aliphatic carbocycles. The van der Waals surface area contributed by atoms with Crippen LogP contribution in [0.25, 0.3) is 5.73 Å². The number of likely N-dealkylation sites (tertiary alicyclic amines) is 1. The van der Waals surface area contributed by atoms with Crippen molar-refractivity contribution in [2.24, 2.45) is 11.8 Å². The van der Waals surface area contributed by atoms with Crippen LogP contribution < -0.4 is 20.7 Å². The van der Waals surface area contributed by atoms with E-state index in [1.165, 1.54) is 25.1 Å². The van der Waals surface area contributed by atoms with E-state index in [0.29, 0.717) is 0 Å². The molecule has 12 unspecified atom stereocenters. The number of imide groups is 1. The fraction of sp³-hybridized carbons (Fsp3) is 0.707. The maximum atomic E-state index is 13.1. The van der Waals surface area contributed by atoms with E-state index >= 15 is 0 Å². The molecule has 4 aliphatic rings. The molecule has 12 atom stereocenters. The quantitative estimate of drug-likeness (QED) is 0.0724. The van der Waals surface area contributed by atoms with Crippen molar-refractivity contribution >= 4 is 41.3 Å². The summed E-state index contributed by atoms with van der Waals surface area (Å²) in [7, 11) is 0. The molecule has 23 heteroatoms. The molecule has 22 nitrogen and oxygen atoms in total. The van der Waals surface area contributed by atoms with Gasteiger partial charge in [0.05, 0.1) is 36.5 Å². The van der Waals surface area contributed by atoms with Gasteiger partial charge in [0, 0.05) is 65.1 Å². The predicted molar refractivity (Wildman–Crippen MR) is 222 cm³/mol. The average Bonchev–Trinajstić information content (AvgIpc) is 3.78. The fourth-order valence-corrected chi connectivity index (χ4v) is 7.54. The minimum Gasteiger partial charge on any atom is -0.649 e. The number of carbonyl (C=O) groups is 6. The van der Waals surface area contributed by atoms with Crippen LogP contribution in [0.3, 0.4) is 0 Å². The van der Waals surface area contributed by atoms with Crippen molar-refractivity contribution in [1.82, 2.24) is 20.4 Å². The number of aliphatic hydroxyl groups excluding tert-OH is 6. The van der Waals surface area contributed by atoms with Gasteiger partial charge in [-0.05, 0) is 36.8 Å². The number of nitrogens with one attached hydrogen (secondary N) is 4. The summed E-state index contributed by atoms with van der Waals surface area (Å²) in [5.41, 5.74) is 7.92. The molecule has 0 saturated carbocycles. The summed E-state index contributed by atoms with van der Waals surface area (Å²) < 4.78 is 21.7. The van der Waals surface area contributed by atoms with Gasteiger partial charge in [-0.2, -0.15) is 0 Å². The first-order chi connectivity index (χ1) is 30.0. The Kier molecular flexibility index (Phi) is 23.6. The van der Waals surface area contributed by atoms with Crippen LogP contribution in [-0.4, -0.2) is 163 Å². The molecule has 0 bridgehead atoms. The third-order valence-corrected chi connectivity index (χ3v) is 11.0. The molecule has 1 radical (unpaired) electrons. The third-order valence-electron chi connectivity index (χ3n) is 11.0. The van der Waals surface area contributed by atoms with E-state index in [0.717, 1.165) is 22.6 Å². The largest absolute Gasteiger partial charge is 0.649 e. The predicted octanol–water partition coefficient (Wildman–Crippen LogP) is -0.157. The minimum atomic E-state index is -1.79. The normalized spacial score (nSPS) is 29.6. The number of hydrogen-bond acceptors (Lipinski definition) is 16. The monoisotopic (exact) mass is 986 g/mol. The van der Waals surface area contributed by atoms with E-state index < -0.39 is 110 Å². The van der Waals surface area contributed by atoms with Gasteiger partial charge < -0.3 is 70.9 Å². The van der Waals surface area contributed by atoms with Crippen molar-refractivity contribution in [3.05, 3.63) is 29.5 Å². The van der Waals surface area contributed by atoms with Crippen LogP contribution in [0.15, 0.2) is 18.2 Å². The summed E-state index contributed by atoms with van der Waals surface area (Å²) >= 11 is 0. The maximum absolute atomic E-state index is 13.1. The molecule has 1 aromatic carbocycles. The van der Waals surface area contributed by atoms with Gasteiger partial charge in [0.1, 0.15) is 42.9 Å². The minimum absolute atomic E-state index is 0. The van der Waals surface area contributed by atoms with Crippen LogP contribution >= 0.6 is 0 Å². The Morgan fingerprint density at radius 1 is 0.891 bits per heavy atom. The Bertz CT molecular complexity index is 1720. The Morgan fingerprint density at radius 3 is 2.17 bits per heavy atom. The van der Waals surface area contributed by atoms with Crippen LogP contribution in [0.4, 0.5) is 10.5 Å². The average molecular weight is 987 g/mol. The van der Waals surface area contributed by atoms with Gasteiger partial charge in [-0.25, -0.2) is 4.79 Å². The number of nitrogens with zero attached hydrogens (tertiary/aromatic N) is 2. The molecule has 0 spiro atoms. The zero-order chi connectivity index (χ0) is 47.3. The molecule has 1 aromatic rings. The van der Waals surface area contributed by atoms with Crippen molar-refractivity contribution in [2.45, 2.75) is 155 Å². The van der Waals surface area contributed by atoms with E-state index in [4.69, 9.17) is 24.7 Å². The van der Waals surface area contributed by atoms with E-state index in [9.17, 15) is 59.4 Å². The summed E-state index contributed by atoms with van der Waals surface area (Å²) in [4.78, 5) is 78.4. The molecule has 4 fully saturated rings. The van der Waals surface area contributed by atoms with E-state index in [-0.39, 0.29) is 99.8 Å². The Hall–Kier alpha value is -3.42. The number of rotatable bonds is 17. The standard InChI is InChI=1S/C37H53N6O16.2C2H6.Y/c1-4-18(5-2)19-13-25(47)42(34(19)53)11-9-23(45)39-10-8-24(46)40-20-12-17(6-7-21(20)58-36-31(52)29(50)27(48)22(14-44)59-36)15-56-37(55)41-33-35(54)43(33)26-16(3)57-32(38)30(51)28(26)49;2*1-2;/h6-7,12,16,18-19,22,26-33,36,38,44,48-52H,4-5,8-11,13-15H2,1-3H3,(H,39,45)(H,40,46)(H,41,55);2*1-2H3;/q-1;;;. The molecule has 359 valence electrons. The van der Waals surface area contributed by atoms with Crippen molar-refractivity contribution < 1.29 is 111 Å². The number of hydrogen-bond donors (Lipinski definition) is 9. The van der Waals surface area contributed by atoms with E-state index in [1.807, 2.05) is 41.5 Å². The molecule has 0 aromatic heterocycles. The van der Waals surface area contributed by atoms with Crippen LogP contribution in [0.1, 0.15) is 86.1 Å². The summed E-state index contributed by atoms with van der Waals surface area (Å²) in [6.45, 7) is 12.0. The zero-order valence-electron chi connectivity index (χ0n) is 37.3. The number of ether oxygens (including phenoxy) is 4. The van der Waals surface area contributed by atoms with Gasteiger partial charge in [-0.3, -0.25) is 34.2 Å². The Labute approximate surface area is 397 Å². The molecule has 10 N–H and O–H groups in total. The first kappa shape index (κ1) is 56.7. The van der Waals surface area contributed by atoms with Crippen LogP contribution in [0.2, 0.25) is 0 Å². The van der Waals surface area contributed by atoms with E-state index in [1.54, 1.807) is 0 Å². The van der Waals surface area contributed by atoms with Crippen molar-refractivity contribution in [2.75, 3.05) is 25.0 Å². The molecule has 6 amide bonds. The number of aliphatic hydroxyl groups is 6. The second-order valence-corrected chi connectivity index (χ2v) is 14.9. The van der Waals surface area contributed by atoms with Gasteiger partial charge in [-0.1, -0.05) is 60.5 Å². The van der Waals surface area contributed by atoms with Crippen molar-refractivity contribution in [1.29, 1.82) is 0 Å². The topological polar surface area (TPSA) is 327 Å². The fourth-order valence-electron chi connectivity index (χ4n) is 7.54. The summed E-state index contributed by atoms with van der Waals surface area (Å²) in [6.07, 6.45) is -14.6. The molecule has 4 aliphatic heterocycles. The van der Waals surface area contributed by atoms with Crippen molar-refractivity contribution in [3.63, 3.8) is 0 Å². The number of amides is 6. The smallest absolute Gasteiger partial charge is 0.409 e. The van der Waals surface area contributed by atoms with Crippen LogP contribution in [0, 0.1) is 11.8 Å². The number of benzene rings is 1. The Morgan fingerprint density at radius 2 is 1.55 bits per heavy atom. The molecule has 4 heterocycles. The second-order valence-electron chi connectivity index (χ2n) is 14.9. The molecule has 64 heavy (non-hydrogen) atoms. The molecule has 5 rings (SSSR count). The van der Waals surface area contributed by atoms with Gasteiger partial charge in [0.25, 0.3) is 5.91 Å². The maximum Gasteiger partial charge on any atom is 0.409 e. The summed E-state index contributed by atoms with van der Waals surface area (Å²) in [5, 5.41) is 68.5. The van der Waals surface area contributed by atoms with Gasteiger partial charge >= 0.3 is 6.09 Å². The number of carbonyl (C=O) groups excluding carboxylic acids is 6. The van der Waals surface area contributed by atoms with Crippen LogP contribution in [0.5, 0.6) is 5.75 Å². The van der Waals surface area contributed by atoms with Gasteiger partial charge in [0.15, 0.2) is 6.17 Å². The van der Waals surface area contributed by atoms with Crippen LogP contribution in [-0.2, 0) is 77.5 Å². The summed E-state index contributed by atoms with van der Waals surface area (Å²) in [6, 6.07) is 3.02. The first-order valence-corrected chi connectivity index (χ1v) is 21.5. The second kappa shape index (κ2) is 26.7. The number of anilines is 1. The van der Waals surface area contributed by atoms with Gasteiger partial charge in [-0.15, -0.1) is 0 Å².